The first-order valence-electron chi connectivity index (χ1n) is 18.6. The van der Waals surface area contributed by atoms with Gasteiger partial charge in [0.2, 0.25) is 0 Å². The molecule has 0 fully saturated rings. The number of rotatable bonds is 5. The Labute approximate surface area is 313 Å². The molecule has 0 bridgehead atoms. The van der Waals surface area contributed by atoms with Crippen LogP contribution < -0.4 is 0 Å². The molecule has 1 spiro atoms. The maximum Gasteiger partial charge on any atom is 0.0540 e. The van der Waals surface area contributed by atoms with Crippen molar-refractivity contribution < 1.29 is 0 Å². The average Bonchev–Trinajstić information content (AvgIpc) is 3.83. The molecule has 1 aromatic heterocycles. The Balaban J connectivity index is 1.21. The van der Waals surface area contributed by atoms with E-state index in [0.29, 0.717) is 0 Å². The Morgan fingerprint density at radius 1 is 0.827 bits per heavy atom. The first-order chi connectivity index (χ1) is 25.7. The highest BCUT2D eigenvalue weighted by molar-refractivity contribution is 7.99. The van der Waals surface area contributed by atoms with Gasteiger partial charge in [-0.3, -0.25) is 0 Å². The van der Waals surface area contributed by atoms with Gasteiger partial charge in [-0.15, -0.1) is 11.8 Å². The Bertz CT molecular complexity index is 2340. The Morgan fingerprint density at radius 3 is 2.46 bits per heavy atom. The minimum absolute atomic E-state index is 0.252. The van der Waals surface area contributed by atoms with Crippen molar-refractivity contribution in [1.82, 2.24) is 4.57 Å². The number of para-hydroxylation sites is 1. The van der Waals surface area contributed by atoms with Crippen LogP contribution in [0.15, 0.2) is 181 Å². The van der Waals surface area contributed by atoms with Crippen molar-refractivity contribution in [3.05, 3.63) is 210 Å². The molecule has 256 valence electrons. The van der Waals surface area contributed by atoms with Crippen molar-refractivity contribution in [2.75, 3.05) is 5.75 Å². The molecular formula is C50H45NS. The maximum atomic E-state index is 4.91. The van der Waals surface area contributed by atoms with Gasteiger partial charge in [0.25, 0.3) is 0 Å². The number of allylic oxidation sites excluding steroid dienone is 12. The lowest BCUT2D eigenvalue weighted by Gasteiger charge is -2.38. The summed E-state index contributed by atoms with van der Waals surface area (Å²) in [5.74, 6) is 1.15. The Hall–Kier alpha value is -5.31. The Kier molecular flexibility index (Phi) is 9.83. The molecule has 2 heterocycles. The maximum absolute atomic E-state index is 4.91. The van der Waals surface area contributed by atoms with Gasteiger partial charge in [-0.05, 0) is 96.2 Å². The van der Waals surface area contributed by atoms with E-state index in [4.69, 9.17) is 6.58 Å². The van der Waals surface area contributed by atoms with E-state index in [2.05, 4.69) is 188 Å². The quantitative estimate of drug-likeness (QED) is 0.178. The van der Waals surface area contributed by atoms with Crippen LogP contribution in [0.3, 0.4) is 0 Å². The Morgan fingerprint density at radius 2 is 1.62 bits per heavy atom. The molecule has 0 radical (unpaired) electrons. The zero-order valence-electron chi connectivity index (χ0n) is 29.9. The summed E-state index contributed by atoms with van der Waals surface area (Å²) in [6, 6.07) is 37.8. The van der Waals surface area contributed by atoms with Gasteiger partial charge >= 0.3 is 0 Å². The summed E-state index contributed by atoms with van der Waals surface area (Å²) in [6.45, 7) is 7.01. The number of thioether (sulfide) groups is 1. The summed E-state index contributed by atoms with van der Waals surface area (Å²) in [5.41, 5.74) is 12.5. The molecule has 1 aliphatic heterocycles. The van der Waals surface area contributed by atoms with Gasteiger partial charge in [0, 0.05) is 32.7 Å². The second kappa shape index (κ2) is 15.1. The highest BCUT2D eigenvalue weighted by Gasteiger charge is 2.39. The van der Waals surface area contributed by atoms with Crippen LogP contribution in [0, 0.1) is 5.92 Å². The van der Waals surface area contributed by atoms with E-state index >= 15 is 0 Å². The van der Waals surface area contributed by atoms with Crippen molar-refractivity contribution in [3.63, 3.8) is 0 Å². The summed E-state index contributed by atoms with van der Waals surface area (Å²) >= 11 is 1.94. The number of hydrogen-bond donors (Lipinski definition) is 0. The average molecular weight is 692 g/mol. The van der Waals surface area contributed by atoms with E-state index in [1.807, 2.05) is 11.8 Å². The van der Waals surface area contributed by atoms with Crippen molar-refractivity contribution in [2.45, 2.75) is 42.9 Å². The van der Waals surface area contributed by atoms with E-state index in [-0.39, 0.29) is 11.3 Å². The molecular weight excluding hydrogens is 647 g/mol. The summed E-state index contributed by atoms with van der Waals surface area (Å²) < 4.78 is 2.42. The van der Waals surface area contributed by atoms with E-state index in [1.165, 1.54) is 60.6 Å². The number of fused-ring (bicyclic) bond motifs is 5. The van der Waals surface area contributed by atoms with E-state index < -0.39 is 0 Å². The lowest BCUT2D eigenvalue weighted by molar-refractivity contribution is 0.606. The molecule has 3 aliphatic rings. The van der Waals surface area contributed by atoms with Crippen LogP contribution in [0.2, 0.25) is 0 Å². The molecule has 4 aromatic carbocycles. The number of aryl methyl sites for hydroxylation is 1. The summed E-state index contributed by atoms with van der Waals surface area (Å²) in [5, 5.41) is 1.28. The van der Waals surface area contributed by atoms with Gasteiger partial charge in [-0.1, -0.05) is 158 Å². The molecule has 0 saturated carbocycles. The second-order valence-electron chi connectivity index (χ2n) is 13.9. The van der Waals surface area contributed by atoms with Gasteiger partial charge in [-0.2, -0.15) is 0 Å². The van der Waals surface area contributed by atoms with Crippen LogP contribution in [0.1, 0.15) is 59.7 Å². The molecule has 1 nitrogen and oxygen atoms in total. The molecule has 5 aromatic rings. The second-order valence-corrected chi connectivity index (χ2v) is 14.9. The van der Waals surface area contributed by atoms with Crippen molar-refractivity contribution >= 4 is 46.1 Å². The number of benzene rings is 4. The summed E-state index contributed by atoms with van der Waals surface area (Å²) in [4.78, 5) is 1.32. The van der Waals surface area contributed by atoms with Gasteiger partial charge in [0.15, 0.2) is 0 Å². The van der Waals surface area contributed by atoms with Crippen LogP contribution in [-0.2, 0) is 11.8 Å². The van der Waals surface area contributed by atoms with Crippen molar-refractivity contribution in [3.8, 4) is 0 Å². The normalized spacial score (nSPS) is 22.7. The van der Waals surface area contributed by atoms with Gasteiger partial charge in [0.1, 0.15) is 0 Å². The van der Waals surface area contributed by atoms with Gasteiger partial charge in [-0.25, -0.2) is 0 Å². The highest BCUT2D eigenvalue weighted by atomic mass is 32.2. The van der Waals surface area contributed by atoms with Crippen LogP contribution in [-0.4, -0.2) is 10.3 Å². The molecule has 52 heavy (non-hydrogen) atoms. The standard InChI is InChI=1S/C50H45NS/c1-3-17-47-44(43-24-10-13-27-48(43)51(47)42-22-8-9-23-42)34-32-38-30-29-37(2)50(45-25-11-7-20-40(45)33-31-38)35-16-15-21-41(39-18-5-4-6-19-39)36-52-49-28-14-12-26-46(49)50/h3-8,10-30,32,34,38H,2,9,31,33,35-36H2,1H3/b16-15-,17-3-,30-29-,34-32+,41-21+. The number of hydrogen-bond acceptors (Lipinski definition) is 1. The predicted molar refractivity (Wildman–Crippen MR) is 226 cm³/mol. The molecule has 2 unspecified atom stereocenters. The van der Waals surface area contributed by atoms with Crippen molar-refractivity contribution in [1.29, 1.82) is 0 Å². The number of nitrogens with zero attached hydrogens (tertiary/aromatic N) is 1. The SMILES string of the molecule is C=C1/C=C\C(/C=C/c2c(/C=C\C)n(C3=CCC=C3)c3ccccc23)CCc2ccccc2C12C/C=C\C=C(\c1ccccc1)CSc1ccccc12. The third-order valence-corrected chi connectivity index (χ3v) is 12.0. The minimum Gasteiger partial charge on any atom is -0.310 e. The smallest absolute Gasteiger partial charge is 0.0540 e. The fourth-order valence-corrected chi connectivity index (χ4v) is 9.40. The fraction of sp³-hybridized carbons (Fsp3) is 0.160. The van der Waals surface area contributed by atoms with Crippen LogP contribution in [0.4, 0.5) is 0 Å². The molecule has 2 heteroatoms. The zero-order chi connectivity index (χ0) is 35.3. The molecule has 0 N–H and O–H groups in total. The van der Waals surface area contributed by atoms with Crippen LogP contribution >= 0.6 is 11.8 Å². The monoisotopic (exact) mass is 691 g/mol. The minimum atomic E-state index is -0.390. The van der Waals surface area contributed by atoms with Gasteiger partial charge < -0.3 is 4.57 Å². The largest absolute Gasteiger partial charge is 0.310 e. The summed E-state index contributed by atoms with van der Waals surface area (Å²) in [7, 11) is 0. The first kappa shape index (κ1) is 33.8. The van der Waals surface area contributed by atoms with Gasteiger partial charge in [0.05, 0.1) is 11.2 Å². The highest BCUT2D eigenvalue weighted by Crippen LogP contribution is 2.49. The van der Waals surface area contributed by atoms with Crippen LogP contribution in [0.25, 0.3) is 34.3 Å². The zero-order valence-corrected chi connectivity index (χ0v) is 30.7. The summed E-state index contributed by atoms with van der Waals surface area (Å²) in [6.07, 6.45) is 31.5. The molecule has 0 saturated heterocycles. The van der Waals surface area contributed by atoms with Crippen molar-refractivity contribution in [2.24, 2.45) is 5.92 Å². The molecule has 0 amide bonds. The third kappa shape index (κ3) is 6.37. The molecule has 8 rings (SSSR count). The van der Waals surface area contributed by atoms with E-state index in [1.54, 1.807) is 0 Å². The molecule has 2 aliphatic carbocycles. The molecule has 2 atom stereocenters. The fourth-order valence-electron chi connectivity index (χ4n) is 8.26. The van der Waals surface area contributed by atoms with Crippen LogP contribution in [0.5, 0.6) is 0 Å². The lowest BCUT2D eigenvalue weighted by Crippen LogP contribution is -2.31. The van der Waals surface area contributed by atoms with E-state index in [0.717, 1.165) is 37.0 Å². The number of aromatic nitrogens is 1. The van der Waals surface area contributed by atoms with E-state index in [9.17, 15) is 0 Å². The third-order valence-electron chi connectivity index (χ3n) is 10.8. The predicted octanol–water partition coefficient (Wildman–Crippen LogP) is 13.3. The first-order valence-corrected chi connectivity index (χ1v) is 19.6. The lowest BCUT2D eigenvalue weighted by atomic mass is 9.65. The topological polar surface area (TPSA) is 4.93 Å².